The van der Waals surface area contributed by atoms with E-state index in [0.29, 0.717) is 5.56 Å². The lowest BCUT2D eigenvalue weighted by atomic mass is 10.0. The Morgan fingerprint density at radius 1 is 0.909 bits per heavy atom. The number of rotatable bonds is 6. The number of benzene rings is 1. The Morgan fingerprint density at radius 2 is 1.41 bits per heavy atom. The molecule has 1 aromatic rings. The highest BCUT2D eigenvalue weighted by molar-refractivity contribution is 5.87. The molecule has 0 bridgehead atoms. The Balaban J connectivity index is 0.000000425. The molecule has 0 spiro atoms. The number of carboxylic acid groups (broad SMARTS) is 2. The van der Waals surface area contributed by atoms with E-state index in [1.165, 1.54) is 0 Å². The summed E-state index contributed by atoms with van der Waals surface area (Å²) in [6, 6.07) is 8.30. The number of hydrogen-bond acceptors (Lipinski definition) is 7. The van der Waals surface area contributed by atoms with E-state index in [9.17, 15) is 9.59 Å². The molecule has 22 heavy (non-hydrogen) atoms. The van der Waals surface area contributed by atoms with Gasteiger partial charge in [0.05, 0.1) is 12.2 Å². The van der Waals surface area contributed by atoms with E-state index in [1.54, 1.807) is 30.3 Å². The van der Waals surface area contributed by atoms with E-state index in [2.05, 4.69) is 0 Å². The van der Waals surface area contributed by atoms with Gasteiger partial charge in [-0.05, 0) is 12.1 Å². The van der Waals surface area contributed by atoms with Gasteiger partial charge in [-0.25, -0.2) is 9.59 Å². The van der Waals surface area contributed by atoms with Crippen molar-refractivity contribution in [1.29, 1.82) is 0 Å². The second kappa shape index (κ2) is 9.82. The number of aliphatic hydroxyl groups excluding tert-OH is 5. The van der Waals surface area contributed by atoms with Gasteiger partial charge in [-0.1, -0.05) is 18.2 Å². The molecule has 0 amide bonds. The third kappa shape index (κ3) is 6.61. The van der Waals surface area contributed by atoms with Crippen molar-refractivity contribution < 1.29 is 45.3 Å². The number of aliphatic carboxylic acids is 1. The van der Waals surface area contributed by atoms with Gasteiger partial charge in [0, 0.05) is 0 Å². The van der Waals surface area contributed by atoms with Crippen LogP contribution in [0.3, 0.4) is 0 Å². The highest BCUT2D eigenvalue weighted by Gasteiger charge is 2.33. The molecule has 0 aliphatic rings. The Hall–Kier alpha value is -2.04. The summed E-state index contributed by atoms with van der Waals surface area (Å²) in [7, 11) is 0. The van der Waals surface area contributed by atoms with Gasteiger partial charge in [0.2, 0.25) is 0 Å². The molecule has 0 aliphatic heterocycles. The van der Waals surface area contributed by atoms with E-state index in [0.717, 1.165) is 0 Å². The van der Waals surface area contributed by atoms with Gasteiger partial charge in [0.25, 0.3) is 0 Å². The van der Waals surface area contributed by atoms with Crippen molar-refractivity contribution in [2.75, 3.05) is 6.61 Å². The molecule has 0 fully saturated rings. The molecule has 0 saturated heterocycles. The maximum absolute atomic E-state index is 10.2. The molecule has 0 aromatic heterocycles. The van der Waals surface area contributed by atoms with Gasteiger partial charge < -0.3 is 35.7 Å². The molecule has 0 aliphatic carbocycles. The summed E-state index contributed by atoms with van der Waals surface area (Å²) >= 11 is 0. The van der Waals surface area contributed by atoms with Gasteiger partial charge >= 0.3 is 11.9 Å². The largest absolute Gasteiger partial charge is 0.479 e. The molecular weight excluding hydrogens is 300 g/mol. The molecule has 124 valence electrons. The average molecular weight is 318 g/mol. The maximum Gasteiger partial charge on any atom is 0.335 e. The molecule has 1 aromatic carbocycles. The molecular formula is C13H18O9. The normalized spacial score (nSPS) is 15.7. The van der Waals surface area contributed by atoms with Crippen LogP contribution in [0.1, 0.15) is 10.4 Å². The van der Waals surface area contributed by atoms with Crippen LogP contribution < -0.4 is 0 Å². The SMILES string of the molecule is O=C(O)[C@H](O)[C@@H](O)[C@H](O)[C@H](O)CO.O=C(O)c1ccccc1. The van der Waals surface area contributed by atoms with Gasteiger partial charge in [0.15, 0.2) is 6.10 Å². The molecule has 0 saturated carbocycles. The lowest BCUT2D eigenvalue weighted by molar-refractivity contribution is -0.164. The van der Waals surface area contributed by atoms with Crippen LogP contribution in [0.25, 0.3) is 0 Å². The van der Waals surface area contributed by atoms with Crippen molar-refractivity contribution in [1.82, 2.24) is 0 Å². The highest BCUT2D eigenvalue weighted by atomic mass is 16.4. The second-order valence-electron chi connectivity index (χ2n) is 4.19. The Labute approximate surface area is 125 Å². The van der Waals surface area contributed by atoms with Gasteiger partial charge in [-0.2, -0.15) is 0 Å². The minimum Gasteiger partial charge on any atom is -0.479 e. The topological polar surface area (TPSA) is 176 Å². The van der Waals surface area contributed by atoms with Crippen LogP contribution in [0.4, 0.5) is 0 Å². The fourth-order valence-corrected chi connectivity index (χ4v) is 1.25. The zero-order valence-electron chi connectivity index (χ0n) is 11.4. The van der Waals surface area contributed by atoms with Crippen LogP contribution in [0.15, 0.2) is 30.3 Å². The summed E-state index contributed by atoms with van der Waals surface area (Å²) in [6.45, 7) is -0.843. The zero-order valence-corrected chi connectivity index (χ0v) is 11.4. The molecule has 9 heteroatoms. The monoisotopic (exact) mass is 318 g/mol. The van der Waals surface area contributed by atoms with Crippen molar-refractivity contribution in [2.45, 2.75) is 24.4 Å². The first-order chi connectivity index (χ1) is 10.2. The zero-order chi connectivity index (χ0) is 17.3. The fourth-order valence-electron chi connectivity index (χ4n) is 1.25. The maximum atomic E-state index is 10.2. The summed E-state index contributed by atoms with van der Waals surface area (Å²) < 4.78 is 0. The van der Waals surface area contributed by atoms with E-state index in [1.807, 2.05) is 0 Å². The summed E-state index contributed by atoms with van der Waals surface area (Å²) in [5.41, 5.74) is 0.331. The first-order valence-corrected chi connectivity index (χ1v) is 6.06. The van der Waals surface area contributed by atoms with E-state index < -0.39 is 43.0 Å². The first kappa shape index (κ1) is 20.0. The molecule has 7 N–H and O–H groups in total. The average Bonchev–Trinajstić information content (AvgIpc) is 2.53. The third-order valence-electron chi connectivity index (χ3n) is 2.53. The first-order valence-electron chi connectivity index (χ1n) is 6.06. The number of carboxylic acids is 2. The number of aromatic carboxylic acids is 1. The van der Waals surface area contributed by atoms with Gasteiger partial charge in [-0.3, -0.25) is 0 Å². The Kier molecular flexibility index (Phi) is 8.91. The van der Waals surface area contributed by atoms with Crippen molar-refractivity contribution in [3.8, 4) is 0 Å². The van der Waals surface area contributed by atoms with Crippen LogP contribution in [0.5, 0.6) is 0 Å². The molecule has 0 radical (unpaired) electrons. The minimum atomic E-state index is -2.20. The molecule has 9 nitrogen and oxygen atoms in total. The van der Waals surface area contributed by atoms with Crippen molar-refractivity contribution in [2.24, 2.45) is 0 Å². The Bertz CT molecular complexity index is 462. The van der Waals surface area contributed by atoms with Crippen LogP contribution >= 0.6 is 0 Å². The second-order valence-corrected chi connectivity index (χ2v) is 4.19. The fraction of sp³-hybridized carbons (Fsp3) is 0.385. The van der Waals surface area contributed by atoms with Crippen molar-refractivity contribution in [3.63, 3.8) is 0 Å². The number of aliphatic hydroxyl groups is 5. The quantitative estimate of drug-likeness (QED) is 0.309. The number of hydrogen-bond donors (Lipinski definition) is 7. The predicted molar refractivity (Wildman–Crippen MR) is 72.2 cm³/mol. The number of carbonyl (C=O) groups is 2. The third-order valence-corrected chi connectivity index (χ3v) is 2.53. The van der Waals surface area contributed by atoms with E-state index in [-0.39, 0.29) is 0 Å². The van der Waals surface area contributed by atoms with Gasteiger partial charge in [0.1, 0.15) is 18.3 Å². The minimum absolute atomic E-state index is 0.331. The predicted octanol–water partition coefficient (Wildman–Crippen LogP) is -2.11. The Morgan fingerprint density at radius 3 is 1.73 bits per heavy atom. The van der Waals surface area contributed by atoms with Crippen LogP contribution in [0, 0.1) is 0 Å². The lowest BCUT2D eigenvalue weighted by Crippen LogP contribution is -2.48. The standard InChI is InChI=1S/C7H6O2.C6H12O7/c8-7(9)6-4-2-1-3-5-6;7-1-2(8)3(9)4(10)5(11)6(12)13/h1-5H,(H,8,9);2-5,7-11H,1H2,(H,12,13)/t;2-,3-,4+,5-/m.1/s1. The summed E-state index contributed by atoms with van der Waals surface area (Å²) in [5.74, 6) is -2.60. The molecule has 0 heterocycles. The molecule has 0 unspecified atom stereocenters. The van der Waals surface area contributed by atoms with E-state index in [4.69, 9.17) is 35.7 Å². The van der Waals surface area contributed by atoms with Crippen LogP contribution in [0.2, 0.25) is 0 Å². The molecule has 1 rings (SSSR count). The van der Waals surface area contributed by atoms with Crippen LogP contribution in [-0.2, 0) is 4.79 Å². The van der Waals surface area contributed by atoms with Crippen LogP contribution in [-0.4, -0.2) is 78.7 Å². The summed E-state index contributed by atoms with van der Waals surface area (Å²) in [6.07, 6.45) is -7.84. The van der Waals surface area contributed by atoms with Gasteiger partial charge in [-0.15, -0.1) is 0 Å². The summed E-state index contributed by atoms with van der Waals surface area (Å²) in [4.78, 5) is 20.3. The highest BCUT2D eigenvalue weighted by Crippen LogP contribution is 2.04. The molecule has 4 atom stereocenters. The summed E-state index contributed by atoms with van der Waals surface area (Å²) in [5, 5.41) is 60.2. The van der Waals surface area contributed by atoms with Crippen molar-refractivity contribution in [3.05, 3.63) is 35.9 Å². The van der Waals surface area contributed by atoms with E-state index >= 15 is 0 Å². The lowest BCUT2D eigenvalue weighted by Gasteiger charge is -2.23. The smallest absolute Gasteiger partial charge is 0.335 e. The van der Waals surface area contributed by atoms with Crippen molar-refractivity contribution >= 4 is 11.9 Å².